The number of halogens is 1. The topological polar surface area (TPSA) is 49.3 Å². The highest BCUT2D eigenvalue weighted by atomic mass is 35.5. The molecule has 0 radical (unpaired) electrons. The van der Waals surface area contributed by atoms with Crippen LogP contribution in [0, 0.1) is 12.8 Å². The van der Waals surface area contributed by atoms with Crippen molar-refractivity contribution in [3.05, 3.63) is 34.3 Å². The second kappa shape index (κ2) is 7.51. The van der Waals surface area contributed by atoms with Gasteiger partial charge in [-0.2, -0.15) is 0 Å². The average Bonchev–Trinajstić information content (AvgIpc) is 2.40. The number of hydrogen-bond donors (Lipinski definition) is 2. The number of nitrogens with one attached hydrogen (secondary N) is 1. The molecule has 0 saturated carbocycles. The van der Waals surface area contributed by atoms with E-state index in [-0.39, 0.29) is 18.4 Å². The highest BCUT2D eigenvalue weighted by Gasteiger charge is 2.17. The maximum Gasteiger partial charge on any atom is 0.252 e. The average molecular weight is 284 g/mol. The van der Waals surface area contributed by atoms with Gasteiger partial charge in [-0.3, -0.25) is 4.79 Å². The highest BCUT2D eigenvalue weighted by molar-refractivity contribution is 6.34. The number of carbonyl (C=O) groups excluding carboxylic acids is 1. The molecule has 0 saturated heterocycles. The van der Waals surface area contributed by atoms with Crippen molar-refractivity contribution in [2.45, 2.75) is 39.7 Å². The molecule has 19 heavy (non-hydrogen) atoms. The number of carbonyl (C=O) groups is 1. The van der Waals surface area contributed by atoms with Crippen molar-refractivity contribution >= 4 is 17.5 Å². The molecule has 1 amide bonds. The summed E-state index contributed by atoms with van der Waals surface area (Å²) in [7, 11) is 0. The lowest BCUT2D eigenvalue weighted by Gasteiger charge is -2.20. The van der Waals surface area contributed by atoms with E-state index in [9.17, 15) is 9.90 Å². The van der Waals surface area contributed by atoms with Crippen LogP contribution in [0.4, 0.5) is 0 Å². The third kappa shape index (κ3) is 4.22. The van der Waals surface area contributed by atoms with Crippen molar-refractivity contribution in [3.63, 3.8) is 0 Å². The first-order valence-corrected chi connectivity index (χ1v) is 7.10. The van der Waals surface area contributed by atoms with E-state index in [2.05, 4.69) is 5.32 Å². The Bertz CT molecular complexity index is 430. The number of amides is 1. The normalized spacial score (nSPS) is 12.5. The molecular weight excluding hydrogens is 262 g/mol. The van der Waals surface area contributed by atoms with Crippen molar-refractivity contribution in [1.29, 1.82) is 0 Å². The summed E-state index contributed by atoms with van der Waals surface area (Å²) >= 11 is 6.10. The summed E-state index contributed by atoms with van der Waals surface area (Å²) in [6.07, 6.45) is 1.29. The van der Waals surface area contributed by atoms with E-state index < -0.39 is 6.10 Å². The summed E-state index contributed by atoms with van der Waals surface area (Å²) in [6, 6.07) is 5.35. The van der Waals surface area contributed by atoms with Gasteiger partial charge in [-0.1, -0.05) is 50.4 Å². The molecule has 0 aliphatic heterocycles. The summed E-state index contributed by atoms with van der Waals surface area (Å²) < 4.78 is 0. The Morgan fingerprint density at radius 1 is 1.37 bits per heavy atom. The molecule has 0 heterocycles. The second-order valence-electron chi connectivity index (χ2n) is 4.79. The fraction of sp³-hybridized carbons (Fsp3) is 0.533. The van der Waals surface area contributed by atoms with E-state index in [4.69, 9.17) is 11.6 Å². The van der Waals surface area contributed by atoms with Gasteiger partial charge in [0.1, 0.15) is 0 Å². The summed E-state index contributed by atoms with van der Waals surface area (Å²) in [4.78, 5) is 12.0. The van der Waals surface area contributed by atoms with Crippen LogP contribution in [-0.2, 0) is 0 Å². The van der Waals surface area contributed by atoms with E-state index in [0.29, 0.717) is 10.6 Å². The number of benzene rings is 1. The van der Waals surface area contributed by atoms with Crippen LogP contribution in [0.3, 0.4) is 0 Å². The van der Waals surface area contributed by atoms with E-state index >= 15 is 0 Å². The lowest BCUT2D eigenvalue weighted by molar-refractivity contribution is 0.0816. The van der Waals surface area contributed by atoms with Gasteiger partial charge in [0.05, 0.1) is 16.7 Å². The molecule has 2 N–H and O–H groups in total. The molecule has 106 valence electrons. The molecule has 0 bridgehead atoms. The van der Waals surface area contributed by atoms with Crippen LogP contribution in [0.25, 0.3) is 0 Å². The zero-order valence-corrected chi connectivity index (χ0v) is 12.5. The van der Waals surface area contributed by atoms with Crippen molar-refractivity contribution in [2.75, 3.05) is 6.54 Å². The quantitative estimate of drug-likeness (QED) is 0.842. The fourth-order valence-corrected chi connectivity index (χ4v) is 2.33. The lowest BCUT2D eigenvalue weighted by atomic mass is 9.96. The fourth-order valence-electron chi connectivity index (χ4n) is 2.11. The Labute approximate surface area is 120 Å². The Morgan fingerprint density at radius 3 is 2.58 bits per heavy atom. The summed E-state index contributed by atoms with van der Waals surface area (Å²) in [5.74, 6) is -0.0213. The van der Waals surface area contributed by atoms with Gasteiger partial charge in [0.25, 0.3) is 5.91 Å². The molecule has 1 atom stereocenters. The van der Waals surface area contributed by atoms with Crippen LogP contribution in [0.15, 0.2) is 18.2 Å². The summed E-state index contributed by atoms with van der Waals surface area (Å²) in [6.45, 7) is 6.20. The number of rotatable bonds is 6. The minimum Gasteiger partial charge on any atom is -0.391 e. The van der Waals surface area contributed by atoms with Gasteiger partial charge in [0.15, 0.2) is 0 Å². The van der Waals surface area contributed by atoms with E-state index in [1.165, 1.54) is 0 Å². The van der Waals surface area contributed by atoms with Crippen molar-refractivity contribution in [3.8, 4) is 0 Å². The van der Waals surface area contributed by atoms with Gasteiger partial charge in [-0.25, -0.2) is 0 Å². The molecule has 1 aromatic rings. The summed E-state index contributed by atoms with van der Waals surface area (Å²) in [5, 5.41) is 13.2. The van der Waals surface area contributed by atoms with Gasteiger partial charge in [0, 0.05) is 6.54 Å². The van der Waals surface area contributed by atoms with Gasteiger partial charge in [-0.05, 0) is 24.5 Å². The van der Waals surface area contributed by atoms with E-state index in [1.54, 1.807) is 12.1 Å². The number of aliphatic hydroxyl groups is 1. The molecule has 0 aromatic heterocycles. The molecule has 0 fully saturated rings. The first-order valence-electron chi connectivity index (χ1n) is 6.72. The minimum atomic E-state index is -0.512. The number of hydrogen-bond acceptors (Lipinski definition) is 2. The first kappa shape index (κ1) is 16.0. The van der Waals surface area contributed by atoms with Crippen LogP contribution in [0.5, 0.6) is 0 Å². The SMILES string of the molecule is CCC(CC)C(O)CNC(=O)c1cccc(C)c1Cl. The van der Waals surface area contributed by atoms with Gasteiger partial charge in [-0.15, -0.1) is 0 Å². The molecule has 3 nitrogen and oxygen atoms in total. The standard InChI is InChI=1S/C15H22ClNO2/c1-4-11(5-2)13(18)9-17-15(19)12-8-6-7-10(3)14(12)16/h6-8,11,13,18H,4-5,9H2,1-3H3,(H,17,19). The zero-order valence-electron chi connectivity index (χ0n) is 11.7. The van der Waals surface area contributed by atoms with Crippen LogP contribution in [0.2, 0.25) is 5.02 Å². The van der Waals surface area contributed by atoms with Gasteiger partial charge in [0.2, 0.25) is 0 Å². The molecule has 1 rings (SSSR count). The van der Waals surface area contributed by atoms with E-state index in [0.717, 1.165) is 18.4 Å². The monoisotopic (exact) mass is 283 g/mol. The predicted molar refractivity (Wildman–Crippen MR) is 78.6 cm³/mol. The summed E-state index contributed by atoms with van der Waals surface area (Å²) in [5.41, 5.74) is 1.33. The minimum absolute atomic E-state index is 0.216. The molecule has 0 spiro atoms. The Morgan fingerprint density at radius 2 is 2.00 bits per heavy atom. The molecule has 1 unspecified atom stereocenters. The zero-order chi connectivity index (χ0) is 14.4. The molecule has 1 aromatic carbocycles. The van der Waals surface area contributed by atoms with Crippen molar-refractivity contribution in [1.82, 2.24) is 5.32 Å². The second-order valence-corrected chi connectivity index (χ2v) is 5.17. The van der Waals surface area contributed by atoms with Crippen LogP contribution in [0.1, 0.15) is 42.6 Å². The lowest BCUT2D eigenvalue weighted by Crippen LogP contribution is -2.36. The third-order valence-electron chi connectivity index (χ3n) is 3.50. The number of aryl methyl sites for hydroxylation is 1. The van der Waals surface area contributed by atoms with Crippen LogP contribution in [-0.4, -0.2) is 23.7 Å². The van der Waals surface area contributed by atoms with Gasteiger partial charge >= 0.3 is 0 Å². The Balaban J connectivity index is 2.63. The van der Waals surface area contributed by atoms with Crippen molar-refractivity contribution < 1.29 is 9.90 Å². The largest absolute Gasteiger partial charge is 0.391 e. The molecule has 0 aliphatic carbocycles. The van der Waals surface area contributed by atoms with Crippen molar-refractivity contribution in [2.24, 2.45) is 5.92 Å². The maximum absolute atomic E-state index is 12.0. The third-order valence-corrected chi connectivity index (χ3v) is 4.00. The van der Waals surface area contributed by atoms with Crippen LogP contribution < -0.4 is 5.32 Å². The molecule has 4 heteroatoms. The van der Waals surface area contributed by atoms with E-state index in [1.807, 2.05) is 26.8 Å². The smallest absolute Gasteiger partial charge is 0.252 e. The number of aliphatic hydroxyl groups excluding tert-OH is 1. The molecular formula is C15H22ClNO2. The predicted octanol–water partition coefficient (Wildman–Crippen LogP) is 3.18. The Kier molecular flexibility index (Phi) is 6.32. The first-order chi connectivity index (χ1) is 9.01. The highest BCUT2D eigenvalue weighted by Crippen LogP contribution is 2.20. The molecule has 0 aliphatic rings. The van der Waals surface area contributed by atoms with Crippen LogP contribution >= 0.6 is 11.6 Å². The maximum atomic E-state index is 12.0. The van der Waals surface area contributed by atoms with Gasteiger partial charge < -0.3 is 10.4 Å². The Hall–Kier alpha value is -1.06.